The lowest BCUT2D eigenvalue weighted by molar-refractivity contribution is -0.384. The zero-order chi connectivity index (χ0) is 13.8. The molecule has 19 heavy (non-hydrogen) atoms. The molecule has 0 atom stereocenters. The second-order valence-corrected chi connectivity index (χ2v) is 4.13. The van der Waals surface area contributed by atoms with Gasteiger partial charge in [0.25, 0.3) is 11.6 Å². The third kappa shape index (κ3) is 3.16. The van der Waals surface area contributed by atoms with Crippen molar-refractivity contribution in [1.82, 2.24) is 0 Å². The molecule has 1 N–H and O–H groups in total. The summed E-state index contributed by atoms with van der Waals surface area (Å²) in [4.78, 5) is 22.3. The van der Waals surface area contributed by atoms with Gasteiger partial charge in [0.2, 0.25) is 0 Å². The Bertz CT molecular complexity index is 624. The molecule has 0 heterocycles. The molecule has 5 nitrogen and oxygen atoms in total. The SMILES string of the molecule is Cc1cc(C(=O)Nc2ccccc2)cc([N+](=O)[O-])c1. The summed E-state index contributed by atoms with van der Waals surface area (Å²) in [5.74, 6) is -0.363. The van der Waals surface area contributed by atoms with E-state index in [0.29, 0.717) is 11.3 Å². The second-order valence-electron chi connectivity index (χ2n) is 4.13. The molecule has 0 radical (unpaired) electrons. The minimum atomic E-state index is -0.508. The largest absolute Gasteiger partial charge is 0.322 e. The smallest absolute Gasteiger partial charge is 0.270 e. The Kier molecular flexibility index (Phi) is 3.56. The number of nitro groups is 1. The molecule has 0 saturated heterocycles. The average Bonchev–Trinajstić information content (AvgIpc) is 2.39. The summed E-state index contributed by atoms with van der Waals surface area (Å²) < 4.78 is 0. The maximum Gasteiger partial charge on any atom is 0.270 e. The number of benzene rings is 2. The number of nitro benzene ring substituents is 1. The van der Waals surface area contributed by atoms with Crippen LogP contribution in [0.3, 0.4) is 0 Å². The van der Waals surface area contributed by atoms with Crippen molar-refractivity contribution in [3.63, 3.8) is 0 Å². The molecule has 2 aromatic rings. The predicted octanol–water partition coefficient (Wildman–Crippen LogP) is 3.16. The number of para-hydroxylation sites is 1. The quantitative estimate of drug-likeness (QED) is 0.677. The van der Waals surface area contributed by atoms with Crippen LogP contribution in [0.5, 0.6) is 0 Å². The molecule has 0 unspecified atom stereocenters. The van der Waals surface area contributed by atoms with Gasteiger partial charge in [0.15, 0.2) is 0 Å². The van der Waals surface area contributed by atoms with Gasteiger partial charge in [0.1, 0.15) is 0 Å². The number of rotatable bonds is 3. The molecule has 0 fully saturated rings. The van der Waals surface area contributed by atoms with Crippen LogP contribution in [0.25, 0.3) is 0 Å². The maximum absolute atomic E-state index is 12.0. The van der Waals surface area contributed by atoms with Gasteiger partial charge in [-0.15, -0.1) is 0 Å². The molecule has 0 aliphatic rings. The fourth-order valence-electron chi connectivity index (χ4n) is 1.72. The van der Waals surface area contributed by atoms with Crippen molar-refractivity contribution in [2.24, 2.45) is 0 Å². The summed E-state index contributed by atoms with van der Waals surface area (Å²) >= 11 is 0. The van der Waals surface area contributed by atoms with Crippen molar-refractivity contribution in [3.05, 3.63) is 69.8 Å². The van der Waals surface area contributed by atoms with E-state index in [1.54, 1.807) is 37.3 Å². The first kappa shape index (κ1) is 12.8. The summed E-state index contributed by atoms with van der Waals surface area (Å²) in [5.41, 5.74) is 1.51. The highest BCUT2D eigenvalue weighted by Gasteiger charge is 2.13. The number of anilines is 1. The average molecular weight is 256 g/mol. The van der Waals surface area contributed by atoms with Crippen molar-refractivity contribution in [2.45, 2.75) is 6.92 Å². The van der Waals surface area contributed by atoms with Crippen molar-refractivity contribution in [3.8, 4) is 0 Å². The number of amides is 1. The van der Waals surface area contributed by atoms with E-state index >= 15 is 0 Å². The maximum atomic E-state index is 12.0. The van der Waals surface area contributed by atoms with Gasteiger partial charge in [-0.1, -0.05) is 18.2 Å². The van der Waals surface area contributed by atoms with Crippen LogP contribution in [-0.4, -0.2) is 10.8 Å². The standard InChI is InChI=1S/C14H12N2O3/c1-10-7-11(9-13(8-10)16(18)19)14(17)15-12-5-3-2-4-6-12/h2-9H,1H3,(H,15,17). The van der Waals surface area contributed by atoms with Crippen LogP contribution in [0.15, 0.2) is 48.5 Å². The van der Waals surface area contributed by atoms with Gasteiger partial charge in [-0.25, -0.2) is 0 Å². The third-order valence-corrected chi connectivity index (χ3v) is 2.57. The molecule has 0 aromatic heterocycles. The Hall–Kier alpha value is -2.69. The van der Waals surface area contributed by atoms with Gasteiger partial charge < -0.3 is 5.32 Å². The highest BCUT2D eigenvalue weighted by Crippen LogP contribution is 2.18. The summed E-state index contributed by atoms with van der Waals surface area (Å²) in [6.07, 6.45) is 0. The van der Waals surface area contributed by atoms with Crippen LogP contribution in [0.1, 0.15) is 15.9 Å². The molecule has 5 heteroatoms. The van der Waals surface area contributed by atoms with Gasteiger partial charge in [-0.05, 0) is 30.7 Å². The fourth-order valence-corrected chi connectivity index (χ4v) is 1.72. The van der Waals surface area contributed by atoms with E-state index < -0.39 is 4.92 Å². The van der Waals surface area contributed by atoms with Crippen molar-refractivity contribution in [1.29, 1.82) is 0 Å². The summed E-state index contributed by atoms with van der Waals surface area (Å²) in [7, 11) is 0. The van der Waals surface area contributed by atoms with E-state index in [2.05, 4.69) is 5.32 Å². The monoisotopic (exact) mass is 256 g/mol. The van der Waals surface area contributed by atoms with Gasteiger partial charge >= 0.3 is 0 Å². The van der Waals surface area contributed by atoms with E-state index in [1.165, 1.54) is 12.1 Å². The van der Waals surface area contributed by atoms with Gasteiger partial charge in [-0.2, -0.15) is 0 Å². The lowest BCUT2D eigenvalue weighted by atomic mass is 10.1. The van der Waals surface area contributed by atoms with E-state index in [1.807, 2.05) is 6.07 Å². The molecule has 2 rings (SSSR count). The third-order valence-electron chi connectivity index (χ3n) is 2.57. The van der Waals surface area contributed by atoms with Crippen molar-refractivity contribution < 1.29 is 9.72 Å². The molecular formula is C14H12N2O3. The number of hydrogen-bond donors (Lipinski definition) is 1. The minimum absolute atomic E-state index is 0.0850. The van der Waals surface area contributed by atoms with Crippen molar-refractivity contribution in [2.75, 3.05) is 5.32 Å². The molecule has 0 bridgehead atoms. The van der Waals surface area contributed by atoms with Crippen LogP contribution in [0, 0.1) is 17.0 Å². The van der Waals surface area contributed by atoms with E-state index in [-0.39, 0.29) is 17.2 Å². The summed E-state index contributed by atoms with van der Waals surface area (Å²) in [6, 6.07) is 13.3. The first-order valence-electron chi connectivity index (χ1n) is 5.69. The topological polar surface area (TPSA) is 72.2 Å². The molecule has 0 saturated carbocycles. The highest BCUT2D eigenvalue weighted by molar-refractivity contribution is 6.04. The molecular weight excluding hydrogens is 244 g/mol. The first-order chi connectivity index (χ1) is 9.06. The van der Waals surface area contributed by atoms with Gasteiger partial charge in [-0.3, -0.25) is 14.9 Å². The Balaban J connectivity index is 2.26. The van der Waals surface area contributed by atoms with E-state index in [4.69, 9.17) is 0 Å². The Morgan fingerprint density at radius 3 is 2.47 bits per heavy atom. The zero-order valence-electron chi connectivity index (χ0n) is 10.3. The predicted molar refractivity (Wildman–Crippen MR) is 72.2 cm³/mol. The number of non-ortho nitro benzene ring substituents is 1. The Labute approximate surface area is 110 Å². The normalized spacial score (nSPS) is 9.95. The van der Waals surface area contributed by atoms with Gasteiger partial charge in [0, 0.05) is 23.4 Å². The number of aryl methyl sites for hydroxylation is 1. The number of carbonyl (C=O) groups is 1. The molecule has 96 valence electrons. The van der Waals surface area contributed by atoms with Gasteiger partial charge in [0.05, 0.1) is 4.92 Å². The van der Waals surface area contributed by atoms with Crippen LogP contribution >= 0.6 is 0 Å². The molecule has 1 amide bonds. The highest BCUT2D eigenvalue weighted by atomic mass is 16.6. The number of nitrogens with zero attached hydrogens (tertiary/aromatic N) is 1. The molecule has 0 aliphatic heterocycles. The van der Waals surface area contributed by atoms with Crippen molar-refractivity contribution >= 4 is 17.3 Å². The summed E-state index contributed by atoms with van der Waals surface area (Å²) in [5, 5.41) is 13.5. The Morgan fingerprint density at radius 1 is 1.16 bits per heavy atom. The molecule has 0 aliphatic carbocycles. The first-order valence-corrected chi connectivity index (χ1v) is 5.69. The second kappa shape index (κ2) is 5.30. The lowest BCUT2D eigenvalue weighted by Gasteiger charge is -2.05. The summed E-state index contributed by atoms with van der Waals surface area (Å²) in [6.45, 7) is 1.71. The van der Waals surface area contributed by atoms with E-state index in [9.17, 15) is 14.9 Å². The van der Waals surface area contributed by atoms with Crippen LogP contribution < -0.4 is 5.32 Å². The minimum Gasteiger partial charge on any atom is -0.322 e. The lowest BCUT2D eigenvalue weighted by Crippen LogP contribution is -2.12. The van der Waals surface area contributed by atoms with Crippen LogP contribution in [0.2, 0.25) is 0 Å². The number of hydrogen-bond acceptors (Lipinski definition) is 3. The number of carbonyl (C=O) groups excluding carboxylic acids is 1. The zero-order valence-corrected chi connectivity index (χ0v) is 10.3. The fraction of sp³-hybridized carbons (Fsp3) is 0.0714. The van der Waals surface area contributed by atoms with Crippen LogP contribution in [0.4, 0.5) is 11.4 Å². The Morgan fingerprint density at radius 2 is 1.84 bits per heavy atom. The molecule has 0 spiro atoms. The van der Waals surface area contributed by atoms with E-state index in [0.717, 1.165) is 0 Å². The number of nitrogens with one attached hydrogen (secondary N) is 1. The van der Waals surface area contributed by atoms with Crippen LogP contribution in [-0.2, 0) is 0 Å². The molecule has 2 aromatic carbocycles.